The van der Waals surface area contributed by atoms with E-state index in [1.807, 2.05) is 6.92 Å². The number of thioether (sulfide) groups is 1. The van der Waals surface area contributed by atoms with Crippen molar-refractivity contribution in [3.8, 4) is 0 Å². The van der Waals surface area contributed by atoms with Crippen LogP contribution in [0.3, 0.4) is 0 Å². The molecule has 6 nitrogen and oxygen atoms in total. The summed E-state index contributed by atoms with van der Waals surface area (Å²) in [6.45, 7) is 2.42. The molecule has 0 aromatic heterocycles. The molecule has 0 bridgehead atoms. The number of carbonyl (C=O) groups excluding carboxylic acids is 1. The maximum atomic E-state index is 11.3. The van der Waals surface area contributed by atoms with E-state index in [2.05, 4.69) is 5.32 Å². The summed E-state index contributed by atoms with van der Waals surface area (Å²) in [6, 6.07) is -0.921. The molecule has 112 valence electrons. The smallest absolute Gasteiger partial charge is 0.407 e. The lowest BCUT2D eigenvalue weighted by molar-refractivity contribution is -0.139. The van der Waals surface area contributed by atoms with Crippen LogP contribution in [0.2, 0.25) is 0 Å². The Bertz CT molecular complexity index is 263. The molecule has 0 saturated carbocycles. The second-order valence-corrected chi connectivity index (χ2v) is 5.23. The molecule has 1 amide bonds. The van der Waals surface area contributed by atoms with E-state index in [1.165, 1.54) is 0 Å². The van der Waals surface area contributed by atoms with Crippen LogP contribution < -0.4 is 5.32 Å². The van der Waals surface area contributed by atoms with E-state index in [4.69, 9.17) is 14.9 Å². The number of amides is 1. The van der Waals surface area contributed by atoms with Gasteiger partial charge in [-0.1, -0.05) is 13.3 Å². The highest BCUT2D eigenvalue weighted by molar-refractivity contribution is 7.99. The van der Waals surface area contributed by atoms with Crippen LogP contribution in [0.5, 0.6) is 0 Å². The number of alkyl carbamates (subject to hydrolysis) is 1. The van der Waals surface area contributed by atoms with Gasteiger partial charge in [0.1, 0.15) is 6.04 Å². The van der Waals surface area contributed by atoms with Gasteiger partial charge in [-0.2, -0.15) is 11.8 Å². The van der Waals surface area contributed by atoms with Gasteiger partial charge in [0, 0.05) is 6.61 Å². The van der Waals surface area contributed by atoms with Gasteiger partial charge in [0.05, 0.1) is 6.61 Å². The van der Waals surface area contributed by atoms with Crippen molar-refractivity contribution in [2.24, 2.45) is 0 Å². The summed E-state index contributed by atoms with van der Waals surface area (Å²) in [5.41, 5.74) is 0. The zero-order chi connectivity index (χ0) is 14.5. The highest BCUT2D eigenvalue weighted by Gasteiger charge is 2.20. The van der Waals surface area contributed by atoms with Crippen molar-refractivity contribution < 1.29 is 24.5 Å². The predicted octanol–water partition coefficient (Wildman–Crippen LogP) is 1.47. The fourth-order valence-corrected chi connectivity index (χ4v) is 2.16. The van der Waals surface area contributed by atoms with Gasteiger partial charge in [-0.15, -0.1) is 0 Å². The van der Waals surface area contributed by atoms with E-state index in [-0.39, 0.29) is 6.61 Å². The largest absolute Gasteiger partial charge is 0.480 e. The minimum absolute atomic E-state index is 0.136. The van der Waals surface area contributed by atoms with Gasteiger partial charge in [0.2, 0.25) is 0 Å². The average molecular weight is 293 g/mol. The summed E-state index contributed by atoms with van der Waals surface area (Å²) in [7, 11) is 0. The van der Waals surface area contributed by atoms with Crippen molar-refractivity contribution in [1.29, 1.82) is 0 Å². The number of hydrogen-bond acceptors (Lipinski definition) is 5. The number of hydrogen-bond donors (Lipinski definition) is 3. The molecule has 0 unspecified atom stereocenters. The number of carboxylic acids is 1. The number of rotatable bonds is 11. The Hall–Kier alpha value is -0.950. The molecule has 0 aromatic rings. The normalized spacial score (nSPS) is 11.9. The van der Waals surface area contributed by atoms with Gasteiger partial charge in [-0.25, -0.2) is 9.59 Å². The molecule has 0 spiro atoms. The molecule has 0 aliphatic heterocycles. The molecule has 7 heteroatoms. The van der Waals surface area contributed by atoms with E-state index < -0.39 is 18.1 Å². The van der Waals surface area contributed by atoms with Crippen LogP contribution in [-0.2, 0) is 9.53 Å². The molecule has 1 atom stereocenters. The number of aliphatic hydroxyl groups is 1. The molecule has 19 heavy (non-hydrogen) atoms. The zero-order valence-electron chi connectivity index (χ0n) is 11.3. The third kappa shape index (κ3) is 10.6. The lowest BCUT2D eigenvalue weighted by Gasteiger charge is -2.14. The quantitative estimate of drug-likeness (QED) is 0.499. The van der Waals surface area contributed by atoms with Crippen molar-refractivity contribution >= 4 is 23.8 Å². The Kier molecular flexibility index (Phi) is 11.5. The number of carbonyl (C=O) groups is 2. The van der Waals surface area contributed by atoms with Crippen LogP contribution in [0.15, 0.2) is 0 Å². The van der Waals surface area contributed by atoms with E-state index >= 15 is 0 Å². The topological polar surface area (TPSA) is 95.9 Å². The Morgan fingerprint density at radius 3 is 2.63 bits per heavy atom. The maximum Gasteiger partial charge on any atom is 0.407 e. The first-order valence-corrected chi connectivity index (χ1v) is 7.62. The lowest BCUT2D eigenvalue weighted by atomic mass is 10.2. The van der Waals surface area contributed by atoms with Crippen LogP contribution in [0.1, 0.15) is 32.6 Å². The zero-order valence-corrected chi connectivity index (χ0v) is 12.1. The number of carboxylic acid groups (broad SMARTS) is 1. The standard InChI is InChI=1S/C12H23NO5S/c1-2-3-7-18-12(17)13-10(11(15)16)5-9-19-8-4-6-14/h10,14H,2-9H2,1H3,(H,13,17)(H,15,16)/t10-/m0/s1. The van der Waals surface area contributed by atoms with Crippen molar-refractivity contribution in [2.75, 3.05) is 24.7 Å². The molecule has 0 aliphatic carbocycles. The number of ether oxygens (including phenoxy) is 1. The van der Waals surface area contributed by atoms with E-state index in [0.29, 0.717) is 25.2 Å². The van der Waals surface area contributed by atoms with Crippen molar-refractivity contribution in [2.45, 2.75) is 38.6 Å². The van der Waals surface area contributed by atoms with Gasteiger partial charge in [-0.3, -0.25) is 0 Å². The predicted molar refractivity (Wildman–Crippen MR) is 74.5 cm³/mol. The van der Waals surface area contributed by atoms with Crippen LogP contribution in [-0.4, -0.2) is 53.0 Å². The van der Waals surface area contributed by atoms with Gasteiger partial charge >= 0.3 is 12.1 Å². The van der Waals surface area contributed by atoms with Gasteiger partial charge in [-0.05, 0) is 30.8 Å². The minimum atomic E-state index is -1.06. The van der Waals surface area contributed by atoms with Crippen molar-refractivity contribution in [3.63, 3.8) is 0 Å². The monoisotopic (exact) mass is 293 g/mol. The second-order valence-electron chi connectivity index (χ2n) is 4.00. The fraction of sp³-hybridized carbons (Fsp3) is 0.833. The Morgan fingerprint density at radius 1 is 1.32 bits per heavy atom. The molecular weight excluding hydrogens is 270 g/mol. The summed E-state index contributed by atoms with van der Waals surface area (Å²) >= 11 is 1.56. The van der Waals surface area contributed by atoms with Crippen molar-refractivity contribution in [3.05, 3.63) is 0 Å². The van der Waals surface area contributed by atoms with Crippen molar-refractivity contribution in [1.82, 2.24) is 5.32 Å². The van der Waals surface area contributed by atoms with E-state index in [0.717, 1.165) is 18.6 Å². The first-order valence-electron chi connectivity index (χ1n) is 6.46. The molecule has 0 heterocycles. The fourth-order valence-electron chi connectivity index (χ4n) is 1.22. The highest BCUT2D eigenvalue weighted by atomic mass is 32.2. The SMILES string of the molecule is CCCCOC(=O)N[C@@H](CCSCCCO)C(=O)O. The van der Waals surface area contributed by atoms with E-state index in [9.17, 15) is 9.59 Å². The van der Waals surface area contributed by atoms with Gasteiger partial charge < -0.3 is 20.3 Å². The molecule has 0 aliphatic rings. The number of aliphatic hydroxyl groups excluding tert-OH is 1. The number of nitrogens with one attached hydrogen (secondary N) is 1. The third-order valence-corrected chi connectivity index (χ3v) is 3.42. The molecule has 0 aromatic carbocycles. The molecule has 0 fully saturated rings. The average Bonchev–Trinajstić information content (AvgIpc) is 2.37. The molecular formula is C12H23NO5S. The minimum Gasteiger partial charge on any atom is -0.480 e. The second kappa shape index (κ2) is 12.1. The highest BCUT2D eigenvalue weighted by Crippen LogP contribution is 2.07. The molecule has 0 saturated heterocycles. The Labute approximate surface area is 117 Å². The van der Waals surface area contributed by atoms with Crippen LogP contribution >= 0.6 is 11.8 Å². The van der Waals surface area contributed by atoms with Crippen LogP contribution in [0, 0.1) is 0 Å². The van der Waals surface area contributed by atoms with Gasteiger partial charge in [0.25, 0.3) is 0 Å². The summed E-state index contributed by atoms with van der Waals surface area (Å²) in [4.78, 5) is 22.3. The molecule has 3 N–H and O–H groups in total. The van der Waals surface area contributed by atoms with Crippen LogP contribution in [0.25, 0.3) is 0 Å². The van der Waals surface area contributed by atoms with Gasteiger partial charge in [0.15, 0.2) is 0 Å². The number of unbranched alkanes of at least 4 members (excludes halogenated alkanes) is 1. The Balaban J connectivity index is 3.85. The summed E-state index contributed by atoms with van der Waals surface area (Å²) in [5, 5.41) is 19.9. The third-order valence-electron chi connectivity index (χ3n) is 2.32. The number of aliphatic carboxylic acids is 1. The molecule has 0 radical (unpaired) electrons. The Morgan fingerprint density at radius 2 is 2.05 bits per heavy atom. The lowest BCUT2D eigenvalue weighted by Crippen LogP contribution is -2.41. The summed E-state index contributed by atoms with van der Waals surface area (Å²) in [5.74, 6) is 0.339. The summed E-state index contributed by atoms with van der Waals surface area (Å²) in [6.07, 6.45) is 2.03. The first-order chi connectivity index (χ1) is 9.11. The van der Waals surface area contributed by atoms with Crippen LogP contribution in [0.4, 0.5) is 4.79 Å². The first kappa shape index (κ1) is 18.0. The maximum absolute atomic E-state index is 11.3. The summed E-state index contributed by atoms with van der Waals surface area (Å²) < 4.78 is 4.85. The molecule has 0 rings (SSSR count). The van der Waals surface area contributed by atoms with E-state index in [1.54, 1.807) is 11.8 Å².